The maximum atomic E-state index is 11.9. The van der Waals surface area contributed by atoms with E-state index < -0.39 is 0 Å². The van der Waals surface area contributed by atoms with Crippen molar-refractivity contribution in [2.45, 2.75) is 32.2 Å². The van der Waals surface area contributed by atoms with Crippen LogP contribution in [-0.4, -0.2) is 39.2 Å². The Morgan fingerprint density at radius 3 is 2.94 bits per heavy atom. The zero-order chi connectivity index (χ0) is 11.7. The van der Waals surface area contributed by atoms with Crippen molar-refractivity contribution in [1.29, 1.82) is 0 Å². The molecule has 5 nitrogen and oxygen atoms in total. The third-order valence-corrected chi connectivity index (χ3v) is 3.25. The highest BCUT2D eigenvalue weighted by Crippen LogP contribution is 2.23. The van der Waals surface area contributed by atoms with Crippen molar-refractivity contribution in [2.75, 3.05) is 13.6 Å². The lowest BCUT2D eigenvalue weighted by atomic mass is 10.2. The van der Waals surface area contributed by atoms with Crippen LogP contribution in [0.1, 0.15) is 31.6 Å². The summed E-state index contributed by atoms with van der Waals surface area (Å²) in [6, 6.07) is -0.155. The number of hydrogen-bond acceptors (Lipinski definition) is 3. The van der Waals surface area contributed by atoms with Crippen LogP contribution in [0.5, 0.6) is 0 Å². The number of aromatic amines is 1. The Bertz CT molecular complexity index is 450. The first-order chi connectivity index (χ1) is 7.65. The molecule has 0 aromatic carbocycles. The van der Waals surface area contributed by atoms with Gasteiger partial charge in [0, 0.05) is 20.0 Å². The maximum absolute atomic E-state index is 11.9. The largest absolute Gasteiger partial charge is 0.344 e. The van der Waals surface area contributed by atoms with E-state index in [0.717, 1.165) is 31.6 Å². The lowest BCUT2D eigenvalue weighted by Gasteiger charge is -2.13. The molecule has 0 spiro atoms. The average Bonchev–Trinajstić information content (AvgIpc) is 2.75. The molecule has 1 saturated heterocycles. The Morgan fingerprint density at radius 1 is 1.62 bits per heavy atom. The second-order valence-electron chi connectivity index (χ2n) is 4.13. The Morgan fingerprint density at radius 2 is 2.38 bits per heavy atom. The number of carbonyl (C=O) groups excluding carboxylic acids is 1. The van der Waals surface area contributed by atoms with E-state index in [9.17, 15) is 4.79 Å². The van der Waals surface area contributed by atoms with Crippen LogP contribution in [0.3, 0.4) is 0 Å². The molecule has 1 N–H and O–H groups in total. The van der Waals surface area contributed by atoms with Crippen LogP contribution in [0.2, 0.25) is 0 Å². The summed E-state index contributed by atoms with van der Waals surface area (Å²) in [4.78, 5) is 13.7. The van der Waals surface area contributed by atoms with Crippen molar-refractivity contribution in [3.05, 3.63) is 10.6 Å². The fraction of sp³-hybridized carbons (Fsp3) is 0.700. The third kappa shape index (κ3) is 1.77. The van der Waals surface area contributed by atoms with E-state index in [-0.39, 0.29) is 11.9 Å². The van der Waals surface area contributed by atoms with Crippen LogP contribution in [-0.2, 0) is 11.2 Å². The molecule has 0 radical (unpaired) electrons. The zero-order valence-corrected chi connectivity index (χ0v) is 10.4. The van der Waals surface area contributed by atoms with E-state index in [1.54, 1.807) is 4.90 Å². The fourth-order valence-corrected chi connectivity index (χ4v) is 2.38. The summed E-state index contributed by atoms with van der Waals surface area (Å²) in [7, 11) is 1.82. The molecular formula is C10H16N4OS. The van der Waals surface area contributed by atoms with Crippen molar-refractivity contribution in [3.63, 3.8) is 0 Å². The average molecular weight is 240 g/mol. The summed E-state index contributed by atoms with van der Waals surface area (Å²) >= 11 is 5.19. The van der Waals surface area contributed by atoms with Gasteiger partial charge in [-0.1, -0.05) is 6.92 Å². The number of rotatable bonds is 3. The van der Waals surface area contributed by atoms with Gasteiger partial charge in [0.05, 0.1) is 0 Å². The molecule has 1 atom stereocenters. The zero-order valence-electron chi connectivity index (χ0n) is 9.56. The fourth-order valence-electron chi connectivity index (χ4n) is 2.10. The van der Waals surface area contributed by atoms with Gasteiger partial charge in [0.2, 0.25) is 5.91 Å². The predicted octanol–water partition coefficient (Wildman–Crippen LogP) is 1.30. The number of H-pyrrole nitrogens is 1. The number of hydrogen-bond donors (Lipinski definition) is 1. The monoisotopic (exact) mass is 240 g/mol. The van der Waals surface area contributed by atoms with Crippen molar-refractivity contribution in [3.8, 4) is 0 Å². The minimum absolute atomic E-state index is 0.134. The summed E-state index contributed by atoms with van der Waals surface area (Å²) in [5.74, 6) is 1.02. The van der Waals surface area contributed by atoms with Gasteiger partial charge in [0.1, 0.15) is 11.9 Å². The lowest BCUT2D eigenvalue weighted by molar-refractivity contribution is -0.129. The SMILES string of the molecule is CCCc1n[nH]c(=S)n1C1CCN(C)C1=O. The molecule has 16 heavy (non-hydrogen) atoms. The Balaban J connectivity index is 2.36. The predicted molar refractivity (Wildman–Crippen MR) is 62.7 cm³/mol. The summed E-state index contributed by atoms with van der Waals surface area (Å²) in [6.07, 6.45) is 2.66. The van der Waals surface area contributed by atoms with Gasteiger partial charge in [0.25, 0.3) is 0 Å². The van der Waals surface area contributed by atoms with Crippen molar-refractivity contribution >= 4 is 18.1 Å². The van der Waals surface area contributed by atoms with Gasteiger partial charge in [-0.05, 0) is 25.1 Å². The number of aromatic nitrogens is 3. The van der Waals surface area contributed by atoms with E-state index in [2.05, 4.69) is 17.1 Å². The Hall–Kier alpha value is -1.17. The molecule has 1 unspecified atom stereocenters. The van der Waals surface area contributed by atoms with Gasteiger partial charge in [0.15, 0.2) is 4.77 Å². The van der Waals surface area contributed by atoms with Gasteiger partial charge in [-0.25, -0.2) is 0 Å². The number of likely N-dealkylation sites (tertiary alicyclic amines) is 1. The van der Waals surface area contributed by atoms with Crippen LogP contribution >= 0.6 is 12.2 Å². The maximum Gasteiger partial charge on any atom is 0.245 e. The van der Waals surface area contributed by atoms with E-state index in [1.807, 2.05) is 11.6 Å². The van der Waals surface area contributed by atoms with Crippen molar-refractivity contribution in [2.24, 2.45) is 0 Å². The van der Waals surface area contributed by atoms with Gasteiger partial charge >= 0.3 is 0 Å². The summed E-state index contributed by atoms with van der Waals surface area (Å²) in [5.41, 5.74) is 0. The minimum atomic E-state index is -0.155. The number of carbonyl (C=O) groups is 1. The molecule has 1 aliphatic rings. The Kier molecular flexibility index (Phi) is 3.09. The van der Waals surface area contributed by atoms with Crippen LogP contribution in [0.4, 0.5) is 0 Å². The van der Waals surface area contributed by atoms with Crippen LogP contribution in [0.15, 0.2) is 0 Å². The summed E-state index contributed by atoms with van der Waals surface area (Å²) in [6.45, 7) is 2.88. The second kappa shape index (κ2) is 4.37. The van der Waals surface area contributed by atoms with Gasteiger partial charge < -0.3 is 4.90 Å². The number of amides is 1. The third-order valence-electron chi connectivity index (χ3n) is 2.96. The quantitative estimate of drug-likeness (QED) is 0.810. The molecule has 0 aliphatic carbocycles. The molecule has 1 fully saturated rings. The molecule has 2 heterocycles. The normalized spacial score (nSPS) is 20.8. The molecule has 1 aromatic rings. The lowest BCUT2D eigenvalue weighted by Crippen LogP contribution is -2.25. The van der Waals surface area contributed by atoms with E-state index in [0.29, 0.717) is 4.77 Å². The number of nitrogens with zero attached hydrogens (tertiary/aromatic N) is 3. The minimum Gasteiger partial charge on any atom is -0.344 e. The molecule has 88 valence electrons. The van der Waals surface area contributed by atoms with E-state index in [4.69, 9.17) is 12.2 Å². The van der Waals surface area contributed by atoms with E-state index >= 15 is 0 Å². The number of nitrogens with one attached hydrogen (secondary N) is 1. The second-order valence-corrected chi connectivity index (χ2v) is 4.52. The number of aryl methyl sites for hydroxylation is 1. The highest BCUT2D eigenvalue weighted by molar-refractivity contribution is 7.71. The van der Waals surface area contributed by atoms with Crippen LogP contribution < -0.4 is 0 Å². The molecule has 1 amide bonds. The van der Waals surface area contributed by atoms with Crippen molar-refractivity contribution in [1.82, 2.24) is 19.7 Å². The first kappa shape index (κ1) is 11.3. The van der Waals surface area contributed by atoms with Crippen LogP contribution in [0.25, 0.3) is 0 Å². The van der Waals surface area contributed by atoms with Gasteiger partial charge in [-0.15, -0.1) is 0 Å². The van der Waals surface area contributed by atoms with Crippen LogP contribution in [0, 0.1) is 4.77 Å². The summed E-state index contributed by atoms with van der Waals surface area (Å²) < 4.78 is 2.43. The molecular weight excluding hydrogens is 224 g/mol. The molecule has 0 bridgehead atoms. The molecule has 6 heteroatoms. The Labute approximate surface area is 99.5 Å². The van der Waals surface area contributed by atoms with Gasteiger partial charge in [-0.2, -0.15) is 5.10 Å². The highest BCUT2D eigenvalue weighted by atomic mass is 32.1. The number of likely N-dealkylation sites (N-methyl/N-ethyl adjacent to an activating group) is 1. The van der Waals surface area contributed by atoms with Crippen molar-refractivity contribution < 1.29 is 4.79 Å². The van der Waals surface area contributed by atoms with E-state index in [1.165, 1.54) is 0 Å². The smallest absolute Gasteiger partial charge is 0.245 e. The first-order valence-corrected chi connectivity index (χ1v) is 5.96. The topological polar surface area (TPSA) is 53.9 Å². The molecule has 0 saturated carbocycles. The first-order valence-electron chi connectivity index (χ1n) is 5.56. The highest BCUT2D eigenvalue weighted by Gasteiger charge is 2.32. The van der Waals surface area contributed by atoms with Gasteiger partial charge in [-0.3, -0.25) is 14.5 Å². The molecule has 1 aromatic heterocycles. The molecule has 2 rings (SSSR count). The standard InChI is InChI=1S/C10H16N4OS/c1-3-4-8-11-12-10(16)14(8)7-5-6-13(2)9(7)15/h7H,3-6H2,1-2H3,(H,12,16). The molecule has 1 aliphatic heterocycles. The summed E-state index contributed by atoms with van der Waals surface area (Å²) in [5, 5.41) is 6.96.